The fourth-order valence-electron chi connectivity index (χ4n) is 2.51. The van der Waals surface area contributed by atoms with Gasteiger partial charge in [0.1, 0.15) is 17.5 Å². The van der Waals surface area contributed by atoms with E-state index in [1.807, 2.05) is 18.2 Å². The van der Waals surface area contributed by atoms with E-state index in [0.717, 1.165) is 5.39 Å². The first-order valence-electron chi connectivity index (χ1n) is 8.12. The molecular weight excluding hydrogens is 379 g/mol. The summed E-state index contributed by atoms with van der Waals surface area (Å²) in [5, 5.41) is 16.2. The van der Waals surface area contributed by atoms with Crippen LogP contribution in [0.3, 0.4) is 0 Å². The van der Waals surface area contributed by atoms with Crippen molar-refractivity contribution in [3.8, 4) is 17.3 Å². The second-order valence-electron chi connectivity index (χ2n) is 5.71. The molecule has 28 heavy (non-hydrogen) atoms. The minimum atomic E-state index is -0.504. The second kappa shape index (κ2) is 7.42. The second-order valence-corrected chi connectivity index (χ2v) is 6.57. The van der Waals surface area contributed by atoms with Gasteiger partial charge in [-0.25, -0.2) is 14.2 Å². The Balaban J connectivity index is 1.65. The summed E-state index contributed by atoms with van der Waals surface area (Å²) in [4.78, 5) is 16.6. The highest BCUT2D eigenvalue weighted by Crippen LogP contribution is 2.23. The van der Waals surface area contributed by atoms with Crippen LogP contribution < -0.4 is 11.1 Å². The molecule has 0 bridgehead atoms. The van der Waals surface area contributed by atoms with Crippen molar-refractivity contribution < 1.29 is 8.81 Å². The number of hydrogen-bond acceptors (Lipinski definition) is 7. The summed E-state index contributed by atoms with van der Waals surface area (Å²) in [5.41, 5.74) is 3.97. The zero-order chi connectivity index (χ0) is 19.5. The number of rotatable bonds is 4. The molecule has 2 aromatic heterocycles. The molecule has 0 radical (unpaired) electrons. The molecule has 0 saturated heterocycles. The molecule has 0 atom stereocenters. The largest absolute Gasteiger partial charge is 0.422 e. The molecule has 4 rings (SSSR count). The third-order valence-electron chi connectivity index (χ3n) is 3.87. The number of fused-ring (bicyclic) bond motifs is 1. The van der Waals surface area contributed by atoms with Crippen LogP contribution in [0.4, 0.5) is 10.1 Å². The minimum absolute atomic E-state index is 0.0470. The van der Waals surface area contributed by atoms with E-state index >= 15 is 0 Å². The minimum Gasteiger partial charge on any atom is -0.422 e. The molecule has 0 spiro atoms. The third-order valence-corrected chi connectivity index (χ3v) is 4.72. The zero-order valence-corrected chi connectivity index (χ0v) is 15.0. The van der Waals surface area contributed by atoms with E-state index in [0.29, 0.717) is 27.5 Å². The number of nitrogens with zero attached hydrogens (tertiary/aromatic N) is 3. The van der Waals surface area contributed by atoms with Crippen LogP contribution in [0, 0.1) is 17.1 Å². The number of benzene rings is 2. The monoisotopic (exact) mass is 390 g/mol. The van der Waals surface area contributed by atoms with E-state index in [4.69, 9.17) is 4.42 Å². The first-order chi connectivity index (χ1) is 13.6. The van der Waals surface area contributed by atoms with Crippen LogP contribution in [-0.2, 0) is 0 Å². The Morgan fingerprint density at radius 1 is 1.21 bits per heavy atom. The van der Waals surface area contributed by atoms with Gasteiger partial charge >= 0.3 is 5.63 Å². The van der Waals surface area contributed by atoms with Gasteiger partial charge in [-0.2, -0.15) is 10.4 Å². The molecule has 2 aromatic carbocycles. The van der Waals surface area contributed by atoms with Crippen molar-refractivity contribution in [2.45, 2.75) is 0 Å². The number of nitrogens with one attached hydrogen (secondary N) is 1. The third kappa shape index (κ3) is 3.51. The van der Waals surface area contributed by atoms with Crippen LogP contribution in [0.2, 0.25) is 0 Å². The van der Waals surface area contributed by atoms with E-state index < -0.39 is 5.63 Å². The molecule has 0 aliphatic rings. The Morgan fingerprint density at radius 2 is 2.00 bits per heavy atom. The van der Waals surface area contributed by atoms with Gasteiger partial charge in [0.15, 0.2) is 10.7 Å². The summed E-state index contributed by atoms with van der Waals surface area (Å²) < 4.78 is 18.3. The van der Waals surface area contributed by atoms with Crippen LogP contribution in [0.5, 0.6) is 0 Å². The predicted octanol–water partition coefficient (Wildman–Crippen LogP) is 4.40. The van der Waals surface area contributed by atoms with E-state index in [1.54, 1.807) is 23.6 Å². The Kier molecular flexibility index (Phi) is 4.66. The van der Waals surface area contributed by atoms with Crippen molar-refractivity contribution in [1.29, 1.82) is 5.26 Å². The highest BCUT2D eigenvalue weighted by molar-refractivity contribution is 7.12. The summed E-state index contributed by atoms with van der Waals surface area (Å²) in [5.74, 6) is -0.367. The van der Waals surface area contributed by atoms with Gasteiger partial charge < -0.3 is 4.42 Å². The fourth-order valence-corrected chi connectivity index (χ4v) is 3.27. The van der Waals surface area contributed by atoms with Gasteiger partial charge in [-0.1, -0.05) is 18.2 Å². The van der Waals surface area contributed by atoms with Crippen molar-refractivity contribution in [2.24, 2.45) is 5.10 Å². The van der Waals surface area contributed by atoms with Crippen molar-refractivity contribution in [2.75, 3.05) is 5.43 Å². The lowest BCUT2D eigenvalue weighted by Crippen LogP contribution is -2.04. The van der Waals surface area contributed by atoms with E-state index in [1.165, 1.54) is 35.6 Å². The van der Waals surface area contributed by atoms with Crippen molar-refractivity contribution in [3.63, 3.8) is 0 Å². The van der Waals surface area contributed by atoms with Gasteiger partial charge in [0.05, 0.1) is 16.9 Å². The molecular formula is C20H11FN4O2S. The molecule has 1 N–H and O–H groups in total. The summed E-state index contributed by atoms with van der Waals surface area (Å²) in [6.45, 7) is 0. The first-order valence-corrected chi connectivity index (χ1v) is 9.00. The molecule has 0 saturated carbocycles. The number of thiazole rings is 1. The predicted molar refractivity (Wildman–Crippen MR) is 106 cm³/mol. The van der Waals surface area contributed by atoms with Crippen LogP contribution in [0.25, 0.3) is 22.2 Å². The molecule has 136 valence electrons. The van der Waals surface area contributed by atoms with Gasteiger partial charge in [0, 0.05) is 10.8 Å². The lowest BCUT2D eigenvalue weighted by Gasteiger charge is -2.00. The SMILES string of the molecule is N#CC(=NNc1ccc(F)cc1)c1nc(-c2cc3ccccc3oc2=O)cs1. The molecule has 6 nitrogen and oxygen atoms in total. The fraction of sp³-hybridized carbons (Fsp3) is 0. The summed E-state index contributed by atoms with van der Waals surface area (Å²) >= 11 is 1.18. The molecule has 2 heterocycles. The maximum atomic E-state index is 13.0. The van der Waals surface area contributed by atoms with Crippen molar-refractivity contribution in [3.05, 3.63) is 81.2 Å². The number of anilines is 1. The lowest BCUT2D eigenvalue weighted by molar-refractivity contribution is 0.563. The molecule has 0 unspecified atom stereocenters. The smallest absolute Gasteiger partial charge is 0.345 e. The summed E-state index contributed by atoms with van der Waals surface area (Å²) in [7, 11) is 0. The molecule has 8 heteroatoms. The molecule has 0 aliphatic heterocycles. The van der Waals surface area contributed by atoms with E-state index in [9.17, 15) is 14.4 Å². The normalized spacial score (nSPS) is 11.4. The van der Waals surface area contributed by atoms with Crippen molar-refractivity contribution >= 4 is 33.7 Å². The van der Waals surface area contributed by atoms with Crippen LogP contribution in [-0.4, -0.2) is 10.7 Å². The van der Waals surface area contributed by atoms with E-state index in [2.05, 4.69) is 15.5 Å². The molecule has 0 amide bonds. The topological polar surface area (TPSA) is 91.3 Å². The van der Waals surface area contributed by atoms with E-state index in [-0.39, 0.29) is 11.5 Å². The zero-order valence-electron chi connectivity index (χ0n) is 14.2. The Bertz CT molecular complexity index is 1290. The van der Waals surface area contributed by atoms with Gasteiger partial charge in [0.25, 0.3) is 0 Å². The standard InChI is InChI=1S/C20H11FN4O2S/c21-13-5-7-14(8-6-13)24-25-16(10-22)19-23-17(11-28-19)15-9-12-3-1-2-4-18(12)27-20(15)26/h1-9,11,24H. The number of nitriles is 1. The summed E-state index contributed by atoms with van der Waals surface area (Å²) in [6, 6.07) is 16.4. The van der Waals surface area contributed by atoms with Crippen LogP contribution in [0.1, 0.15) is 5.01 Å². The van der Waals surface area contributed by atoms with Crippen LogP contribution in [0.15, 0.2) is 74.3 Å². The van der Waals surface area contributed by atoms with Crippen LogP contribution >= 0.6 is 11.3 Å². The first kappa shape index (κ1) is 17.6. The summed E-state index contributed by atoms with van der Waals surface area (Å²) in [6.07, 6.45) is 0. The number of hydrogen-bond donors (Lipinski definition) is 1. The highest BCUT2D eigenvalue weighted by atomic mass is 32.1. The Labute approximate surface area is 162 Å². The quantitative estimate of drug-likeness (QED) is 0.317. The maximum absolute atomic E-state index is 13.0. The number of hydrazone groups is 1. The van der Waals surface area contributed by atoms with Gasteiger partial charge in [-0.15, -0.1) is 11.3 Å². The number of para-hydroxylation sites is 1. The van der Waals surface area contributed by atoms with Gasteiger partial charge in [-0.05, 0) is 36.4 Å². The average molecular weight is 390 g/mol. The Morgan fingerprint density at radius 3 is 2.79 bits per heavy atom. The van der Waals surface area contributed by atoms with Gasteiger partial charge in [-0.3, -0.25) is 5.43 Å². The molecule has 4 aromatic rings. The number of aromatic nitrogens is 1. The highest BCUT2D eigenvalue weighted by Gasteiger charge is 2.14. The maximum Gasteiger partial charge on any atom is 0.345 e. The van der Waals surface area contributed by atoms with Gasteiger partial charge in [0.2, 0.25) is 0 Å². The average Bonchev–Trinajstić information content (AvgIpc) is 3.19. The molecule has 0 fully saturated rings. The number of halogens is 1. The molecule has 0 aliphatic carbocycles. The lowest BCUT2D eigenvalue weighted by atomic mass is 10.1. The van der Waals surface area contributed by atoms with Crippen molar-refractivity contribution in [1.82, 2.24) is 4.98 Å². The Hall–Kier alpha value is -3.83.